The third kappa shape index (κ3) is 5.87. The van der Waals surface area contributed by atoms with E-state index in [0.717, 1.165) is 17.9 Å². The number of rotatable bonds is 9. The molecule has 0 aliphatic heterocycles. The summed E-state index contributed by atoms with van der Waals surface area (Å²) in [4.78, 5) is 0. The fourth-order valence-electron chi connectivity index (χ4n) is 5.54. The van der Waals surface area contributed by atoms with Gasteiger partial charge in [0.05, 0.1) is 0 Å². The molecule has 1 unspecified atom stereocenters. The van der Waals surface area contributed by atoms with Crippen molar-refractivity contribution in [1.29, 1.82) is 0 Å². The molecular formula is C30H44. The van der Waals surface area contributed by atoms with Crippen LogP contribution in [-0.4, -0.2) is 0 Å². The van der Waals surface area contributed by atoms with Gasteiger partial charge in [-0.15, -0.1) is 0 Å². The predicted molar refractivity (Wildman–Crippen MR) is 136 cm³/mol. The molecule has 0 heterocycles. The SMILES string of the molecule is C=C(C)c1ccc(C(=C)CC[C@@H]2CC(C(=C)[C@@H](CC)C(C)(C)C)[C@H](C(=C)C)C2)cc1. The smallest absolute Gasteiger partial charge is 0.0135 e. The van der Waals surface area contributed by atoms with E-state index in [9.17, 15) is 0 Å². The Morgan fingerprint density at radius 3 is 1.93 bits per heavy atom. The van der Waals surface area contributed by atoms with Crippen molar-refractivity contribution in [3.05, 3.63) is 72.9 Å². The average molecular weight is 405 g/mol. The van der Waals surface area contributed by atoms with Crippen molar-refractivity contribution in [2.75, 3.05) is 0 Å². The molecule has 0 nitrogen and oxygen atoms in total. The predicted octanol–water partition coefficient (Wildman–Crippen LogP) is 9.36. The van der Waals surface area contributed by atoms with Crippen LogP contribution in [0.3, 0.4) is 0 Å². The maximum absolute atomic E-state index is 4.64. The Hall–Kier alpha value is -1.82. The number of allylic oxidation sites excluding steroid dienone is 4. The molecule has 1 saturated carbocycles. The van der Waals surface area contributed by atoms with Gasteiger partial charge in [-0.05, 0) is 91.7 Å². The third-order valence-corrected chi connectivity index (χ3v) is 7.31. The van der Waals surface area contributed by atoms with E-state index in [-0.39, 0.29) is 5.41 Å². The molecule has 1 aliphatic rings. The molecule has 30 heavy (non-hydrogen) atoms. The minimum Gasteiger partial charge on any atom is -0.0998 e. The second-order valence-electron chi connectivity index (χ2n) is 10.8. The van der Waals surface area contributed by atoms with Crippen LogP contribution in [0.2, 0.25) is 0 Å². The topological polar surface area (TPSA) is 0 Å². The van der Waals surface area contributed by atoms with Gasteiger partial charge in [-0.1, -0.05) is 95.0 Å². The zero-order chi connectivity index (χ0) is 22.6. The number of hydrogen-bond acceptors (Lipinski definition) is 0. The summed E-state index contributed by atoms with van der Waals surface area (Å²) < 4.78 is 0. The molecule has 4 atom stereocenters. The van der Waals surface area contributed by atoms with Gasteiger partial charge in [0.25, 0.3) is 0 Å². The summed E-state index contributed by atoms with van der Waals surface area (Å²) in [5.74, 6) is 2.48. The van der Waals surface area contributed by atoms with Gasteiger partial charge in [0.1, 0.15) is 0 Å². The first-order valence-electron chi connectivity index (χ1n) is 11.7. The van der Waals surface area contributed by atoms with Crippen LogP contribution in [0.5, 0.6) is 0 Å². The first kappa shape index (κ1) is 24.4. The molecule has 0 aromatic heterocycles. The van der Waals surface area contributed by atoms with Crippen LogP contribution in [0.15, 0.2) is 61.7 Å². The van der Waals surface area contributed by atoms with E-state index in [0.29, 0.717) is 17.8 Å². The Labute approximate surface area is 186 Å². The van der Waals surface area contributed by atoms with E-state index >= 15 is 0 Å². The Kier molecular flexibility index (Phi) is 8.14. The van der Waals surface area contributed by atoms with Crippen molar-refractivity contribution in [3.8, 4) is 0 Å². The van der Waals surface area contributed by atoms with E-state index in [1.54, 1.807) is 0 Å². The van der Waals surface area contributed by atoms with Crippen LogP contribution in [0.1, 0.15) is 84.8 Å². The lowest BCUT2D eigenvalue weighted by atomic mass is 9.69. The van der Waals surface area contributed by atoms with Crippen molar-refractivity contribution < 1.29 is 0 Å². The summed E-state index contributed by atoms with van der Waals surface area (Å²) in [6.45, 7) is 31.1. The van der Waals surface area contributed by atoms with Gasteiger partial charge in [-0.25, -0.2) is 0 Å². The molecule has 0 heteroatoms. The van der Waals surface area contributed by atoms with Gasteiger partial charge >= 0.3 is 0 Å². The highest BCUT2D eigenvalue weighted by Gasteiger charge is 2.39. The van der Waals surface area contributed by atoms with Crippen LogP contribution < -0.4 is 0 Å². The highest BCUT2D eigenvalue weighted by Crippen LogP contribution is 2.50. The minimum atomic E-state index is 0.272. The molecule has 164 valence electrons. The first-order chi connectivity index (χ1) is 14.0. The summed E-state index contributed by atoms with van der Waals surface area (Å²) in [6.07, 6.45) is 5.95. The minimum absolute atomic E-state index is 0.272. The molecule has 1 aromatic carbocycles. The van der Waals surface area contributed by atoms with Crippen molar-refractivity contribution in [3.63, 3.8) is 0 Å². The molecule has 0 N–H and O–H groups in total. The quantitative estimate of drug-likeness (QED) is 0.359. The number of hydrogen-bond donors (Lipinski definition) is 0. The van der Waals surface area contributed by atoms with Crippen molar-refractivity contribution in [1.82, 2.24) is 0 Å². The molecule has 1 aromatic rings. The Morgan fingerprint density at radius 2 is 1.47 bits per heavy atom. The zero-order valence-corrected chi connectivity index (χ0v) is 20.5. The monoisotopic (exact) mass is 404 g/mol. The molecule has 2 rings (SSSR count). The van der Waals surface area contributed by atoms with E-state index < -0.39 is 0 Å². The van der Waals surface area contributed by atoms with Gasteiger partial charge in [-0.3, -0.25) is 0 Å². The molecule has 0 spiro atoms. The first-order valence-corrected chi connectivity index (χ1v) is 11.7. The fourth-order valence-corrected chi connectivity index (χ4v) is 5.54. The van der Waals surface area contributed by atoms with E-state index in [1.807, 2.05) is 0 Å². The lowest BCUT2D eigenvalue weighted by molar-refractivity contribution is 0.246. The summed E-state index contributed by atoms with van der Waals surface area (Å²) in [7, 11) is 0. The molecule has 0 saturated heterocycles. The van der Waals surface area contributed by atoms with Crippen LogP contribution in [0.4, 0.5) is 0 Å². The molecular weight excluding hydrogens is 360 g/mol. The normalized spacial score (nSPS) is 22.5. The second-order valence-corrected chi connectivity index (χ2v) is 10.8. The maximum atomic E-state index is 4.64. The Morgan fingerprint density at radius 1 is 0.933 bits per heavy atom. The van der Waals surface area contributed by atoms with Crippen LogP contribution >= 0.6 is 0 Å². The highest BCUT2D eigenvalue weighted by molar-refractivity contribution is 5.67. The largest absolute Gasteiger partial charge is 0.0998 e. The second kappa shape index (κ2) is 9.99. The Bertz CT molecular complexity index is 780. The summed E-state index contributed by atoms with van der Waals surface area (Å²) in [5, 5.41) is 0. The summed E-state index contributed by atoms with van der Waals surface area (Å²) >= 11 is 0. The van der Waals surface area contributed by atoms with Gasteiger partial charge < -0.3 is 0 Å². The summed E-state index contributed by atoms with van der Waals surface area (Å²) in [6, 6.07) is 8.70. The van der Waals surface area contributed by atoms with Crippen molar-refractivity contribution in [2.45, 2.75) is 73.6 Å². The van der Waals surface area contributed by atoms with Crippen LogP contribution in [0, 0.1) is 29.1 Å². The molecule has 0 radical (unpaired) electrons. The molecule has 0 bridgehead atoms. The lowest BCUT2D eigenvalue weighted by Gasteiger charge is -2.36. The summed E-state index contributed by atoms with van der Waals surface area (Å²) in [5.41, 5.74) is 7.89. The van der Waals surface area contributed by atoms with E-state index in [1.165, 1.54) is 53.5 Å². The zero-order valence-electron chi connectivity index (χ0n) is 20.5. The van der Waals surface area contributed by atoms with E-state index in [2.05, 4.69) is 92.1 Å². The van der Waals surface area contributed by atoms with Gasteiger partial charge in [-0.2, -0.15) is 0 Å². The average Bonchev–Trinajstić information content (AvgIpc) is 3.10. The third-order valence-electron chi connectivity index (χ3n) is 7.31. The van der Waals surface area contributed by atoms with Gasteiger partial charge in [0.2, 0.25) is 0 Å². The van der Waals surface area contributed by atoms with Gasteiger partial charge in [0, 0.05) is 0 Å². The van der Waals surface area contributed by atoms with Crippen molar-refractivity contribution in [2.24, 2.45) is 29.1 Å². The van der Waals surface area contributed by atoms with Crippen LogP contribution in [0.25, 0.3) is 11.1 Å². The standard InChI is InChI=1S/C30H44/c1-11-29(30(8,9)10)23(7)28-19-24(18-27(28)21(4)5)13-12-22(6)26-16-14-25(15-17-26)20(2)3/h14-17,24,27-29H,2,4,6-7,11-13,18-19H2,1,3,5,8-10H3/t24-,27-,28?,29+/m0/s1. The fraction of sp³-hybridized carbons (Fsp3) is 0.533. The molecule has 0 amide bonds. The van der Waals surface area contributed by atoms with Gasteiger partial charge in [0.15, 0.2) is 0 Å². The van der Waals surface area contributed by atoms with E-state index in [4.69, 9.17) is 0 Å². The van der Waals surface area contributed by atoms with Crippen molar-refractivity contribution >= 4 is 11.1 Å². The van der Waals surface area contributed by atoms with Crippen LogP contribution in [-0.2, 0) is 0 Å². The molecule has 1 fully saturated rings. The number of benzene rings is 1. The molecule has 1 aliphatic carbocycles. The highest BCUT2D eigenvalue weighted by atomic mass is 14.4. The Balaban J connectivity index is 2.04. The maximum Gasteiger partial charge on any atom is -0.0135 e. The lowest BCUT2D eigenvalue weighted by Crippen LogP contribution is -2.26.